The molecule has 0 aliphatic rings. The van der Waals surface area contributed by atoms with E-state index in [1.807, 2.05) is 18.2 Å². The molecule has 0 bridgehead atoms. The van der Waals surface area contributed by atoms with Crippen molar-refractivity contribution in [2.24, 2.45) is 0 Å². The zero-order valence-corrected chi connectivity index (χ0v) is 13.9. The first kappa shape index (κ1) is 16.9. The first-order valence-corrected chi connectivity index (χ1v) is 7.99. The molecule has 0 spiro atoms. The average molecular weight is 356 g/mol. The number of nitrogens with zero attached hydrogens (tertiary/aromatic N) is 2. The number of hydrogen-bond acceptors (Lipinski definition) is 2. The summed E-state index contributed by atoms with van der Waals surface area (Å²) in [5.41, 5.74) is 1.72. The van der Waals surface area contributed by atoms with Gasteiger partial charge < -0.3 is 5.32 Å². The lowest BCUT2D eigenvalue weighted by Gasteiger charge is -2.08. The summed E-state index contributed by atoms with van der Waals surface area (Å²) in [6.45, 7) is 0.491. The van der Waals surface area contributed by atoms with Gasteiger partial charge in [0.1, 0.15) is 11.6 Å². The zero-order valence-electron chi connectivity index (χ0n) is 13.2. The maximum atomic E-state index is 12.9. The lowest BCUT2D eigenvalue weighted by atomic mass is 10.2. The summed E-state index contributed by atoms with van der Waals surface area (Å²) in [6.07, 6.45) is 4.63. The van der Waals surface area contributed by atoms with Gasteiger partial charge >= 0.3 is 0 Å². The molecule has 2 aromatic carbocycles. The molecule has 3 rings (SSSR count). The second-order valence-electron chi connectivity index (χ2n) is 5.38. The Morgan fingerprint density at radius 3 is 2.76 bits per heavy atom. The summed E-state index contributed by atoms with van der Waals surface area (Å²) in [7, 11) is 0. The molecule has 0 saturated carbocycles. The van der Waals surface area contributed by atoms with E-state index in [2.05, 4.69) is 10.4 Å². The topological polar surface area (TPSA) is 46.9 Å². The van der Waals surface area contributed by atoms with Gasteiger partial charge in [0.25, 0.3) is 0 Å². The van der Waals surface area contributed by atoms with Gasteiger partial charge in [0.15, 0.2) is 0 Å². The van der Waals surface area contributed by atoms with Crippen LogP contribution in [0, 0.1) is 5.82 Å². The molecule has 126 valence electrons. The van der Waals surface area contributed by atoms with Crippen LogP contribution in [0.1, 0.15) is 11.1 Å². The third-order valence-corrected chi connectivity index (χ3v) is 3.72. The predicted molar refractivity (Wildman–Crippen MR) is 96.8 cm³/mol. The highest BCUT2D eigenvalue weighted by Crippen LogP contribution is 2.14. The summed E-state index contributed by atoms with van der Waals surface area (Å²) in [5, 5.41) is 7.64. The minimum atomic E-state index is -0.313. The number of nitrogens with one attached hydrogen (secondary N) is 1. The molecule has 3 aromatic rings. The van der Waals surface area contributed by atoms with Gasteiger partial charge in [-0.15, -0.1) is 0 Å². The number of carbonyl (C=O) groups is 1. The van der Waals surface area contributed by atoms with Crippen LogP contribution in [-0.4, -0.2) is 15.7 Å². The fourth-order valence-electron chi connectivity index (χ4n) is 2.29. The molecule has 0 aliphatic heterocycles. The smallest absolute Gasteiger partial charge is 0.249 e. The van der Waals surface area contributed by atoms with E-state index in [0.29, 0.717) is 17.4 Å². The largest absolute Gasteiger partial charge is 0.307 e. The van der Waals surface area contributed by atoms with Gasteiger partial charge in [-0.3, -0.25) is 4.79 Å². The minimum absolute atomic E-state index is 0.294. The van der Waals surface area contributed by atoms with Crippen LogP contribution in [0.2, 0.25) is 5.02 Å². The van der Waals surface area contributed by atoms with Crippen LogP contribution >= 0.6 is 11.6 Å². The third-order valence-electron chi connectivity index (χ3n) is 3.49. The summed E-state index contributed by atoms with van der Waals surface area (Å²) < 4.78 is 14.5. The van der Waals surface area contributed by atoms with Gasteiger partial charge in [-0.05, 0) is 41.5 Å². The normalized spacial score (nSPS) is 11.0. The van der Waals surface area contributed by atoms with Crippen molar-refractivity contribution in [3.05, 3.63) is 88.8 Å². The van der Waals surface area contributed by atoms with E-state index < -0.39 is 0 Å². The fraction of sp³-hybridized carbons (Fsp3) is 0.0526. The molecule has 0 unspecified atom stereocenters. The van der Waals surface area contributed by atoms with Crippen LogP contribution in [-0.2, 0) is 11.3 Å². The number of aromatic nitrogens is 2. The summed E-state index contributed by atoms with van der Waals surface area (Å²) in [6, 6.07) is 15.1. The van der Waals surface area contributed by atoms with Crippen LogP contribution < -0.4 is 5.32 Å². The van der Waals surface area contributed by atoms with Crippen LogP contribution in [0.25, 0.3) is 6.08 Å². The third kappa shape index (κ3) is 4.78. The number of anilines is 1. The lowest BCUT2D eigenvalue weighted by molar-refractivity contribution is -0.111. The molecule has 1 N–H and O–H groups in total. The van der Waals surface area contributed by atoms with Crippen molar-refractivity contribution in [3.63, 3.8) is 0 Å². The van der Waals surface area contributed by atoms with Crippen molar-refractivity contribution in [2.45, 2.75) is 6.54 Å². The second kappa shape index (κ2) is 7.77. The molecule has 1 aromatic heterocycles. The lowest BCUT2D eigenvalue weighted by Crippen LogP contribution is -2.13. The molecule has 1 heterocycles. The highest BCUT2D eigenvalue weighted by atomic mass is 35.5. The van der Waals surface area contributed by atoms with Crippen molar-refractivity contribution in [1.82, 2.24) is 9.78 Å². The number of carbonyl (C=O) groups excluding carboxylic acids is 1. The van der Waals surface area contributed by atoms with Crippen molar-refractivity contribution >= 4 is 29.4 Å². The summed E-state index contributed by atoms with van der Waals surface area (Å²) in [4.78, 5) is 12.1. The molecule has 25 heavy (non-hydrogen) atoms. The Bertz CT molecular complexity index is 903. The zero-order chi connectivity index (χ0) is 17.6. The molecule has 6 heteroatoms. The first-order chi connectivity index (χ1) is 12.1. The SMILES string of the molecule is O=C(/C=C/c1ccc(F)cc1)Nc1ccnn1Cc1cccc(Cl)c1. The number of halogens is 2. The monoisotopic (exact) mass is 355 g/mol. The molecule has 0 fully saturated rings. The Morgan fingerprint density at radius 2 is 2.00 bits per heavy atom. The van der Waals surface area contributed by atoms with Crippen LogP contribution in [0.5, 0.6) is 0 Å². The molecule has 0 radical (unpaired) electrons. The van der Waals surface area contributed by atoms with Crippen molar-refractivity contribution < 1.29 is 9.18 Å². The summed E-state index contributed by atoms with van der Waals surface area (Å²) in [5.74, 6) is -0.0302. The quantitative estimate of drug-likeness (QED) is 0.690. The van der Waals surface area contributed by atoms with Crippen molar-refractivity contribution in [2.75, 3.05) is 5.32 Å². The molecule has 0 saturated heterocycles. The molecule has 4 nitrogen and oxygen atoms in total. The van der Waals surface area contributed by atoms with Gasteiger partial charge in [-0.25, -0.2) is 9.07 Å². The van der Waals surface area contributed by atoms with Gasteiger partial charge in [-0.1, -0.05) is 35.9 Å². The maximum absolute atomic E-state index is 12.9. The van der Waals surface area contributed by atoms with Crippen LogP contribution in [0.15, 0.2) is 66.9 Å². The van der Waals surface area contributed by atoms with E-state index in [9.17, 15) is 9.18 Å². The van der Waals surface area contributed by atoms with Gasteiger partial charge in [0.2, 0.25) is 5.91 Å². The van der Waals surface area contributed by atoms with E-state index in [1.54, 1.807) is 41.2 Å². The fourth-order valence-corrected chi connectivity index (χ4v) is 2.50. The number of hydrogen-bond donors (Lipinski definition) is 1. The van der Waals surface area contributed by atoms with Gasteiger partial charge in [-0.2, -0.15) is 5.10 Å². The molecular weight excluding hydrogens is 341 g/mol. The highest BCUT2D eigenvalue weighted by molar-refractivity contribution is 6.30. The predicted octanol–water partition coefficient (Wildman–Crippen LogP) is 4.38. The number of amides is 1. The molecule has 0 atom stereocenters. The van der Waals surface area contributed by atoms with E-state index >= 15 is 0 Å². The van der Waals surface area contributed by atoms with Crippen LogP contribution in [0.4, 0.5) is 10.2 Å². The van der Waals surface area contributed by atoms with Crippen LogP contribution in [0.3, 0.4) is 0 Å². The molecular formula is C19H15ClFN3O. The van der Waals surface area contributed by atoms with Crippen molar-refractivity contribution in [1.29, 1.82) is 0 Å². The van der Waals surface area contributed by atoms with Gasteiger partial charge in [0.05, 0.1) is 12.7 Å². The molecule has 0 aliphatic carbocycles. The van der Waals surface area contributed by atoms with E-state index in [4.69, 9.17) is 11.6 Å². The van der Waals surface area contributed by atoms with E-state index in [1.165, 1.54) is 18.2 Å². The Labute approximate surface area is 149 Å². The number of rotatable bonds is 5. The molecule has 1 amide bonds. The Hall–Kier alpha value is -2.92. The minimum Gasteiger partial charge on any atom is -0.307 e. The Kier molecular flexibility index (Phi) is 5.26. The number of benzene rings is 2. The van der Waals surface area contributed by atoms with Crippen molar-refractivity contribution in [3.8, 4) is 0 Å². The maximum Gasteiger partial charge on any atom is 0.249 e. The van der Waals surface area contributed by atoms with E-state index in [0.717, 1.165) is 11.1 Å². The standard InChI is InChI=1S/C19H15ClFN3O/c20-16-3-1-2-15(12-16)13-24-18(10-11-22-24)23-19(25)9-6-14-4-7-17(21)8-5-14/h1-12H,13H2,(H,23,25)/b9-6+. The Morgan fingerprint density at radius 1 is 1.20 bits per heavy atom. The second-order valence-corrected chi connectivity index (χ2v) is 5.81. The summed E-state index contributed by atoms with van der Waals surface area (Å²) >= 11 is 5.99. The first-order valence-electron chi connectivity index (χ1n) is 7.61. The van der Waals surface area contributed by atoms with E-state index in [-0.39, 0.29) is 11.7 Å². The average Bonchev–Trinajstić information content (AvgIpc) is 3.01. The highest BCUT2D eigenvalue weighted by Gasteiger charge is 2.06. The van der Waals surface area contributed by atoms with Gasteiger partial charge in [0, 0.05) is 17.2 Å². The Balaban J connectivity index is 1.66.